The predicted molar refractivity (Wildman–Crippen MR) is 84.5 cm³/mol. The van der Waals surface area contributed by atoms with Gasteiger partial charge >= 0.3 is 0 Å². The molecule has 1 aromatic heterocycles. The number of hydrogen-bond acceptors (Lipinski definition) is 1. The van der Waals surface area contributed by atoms with E-state index in [0.717, 1.165) is 0 Å². The second kappa shape index (κ2) is 9.12. The first-order valence-electron chi connectivity index (χ1n) is 8.13. The van der Waals surface area contributed by atoms with Crippen LogP contribution in [0.2, 0.25) is 0 Å². The van der Waals surface area contributed by atoms with E-state index in [4.69, 9.17) is 0 Å². The van der Waals surface area contributed by atoms with Crippen molar-refractivity contribution in [1.82, 2.24) is 4.98 Å². The van der Waals surface area contributed by atoms with Crippen LogP contribution in [-0.4, -0.2) is 4.98 Å². The minimum absolute atomic E-state index is 0.331. The first-order chi connectivity index (χ1) is 9.23. The van der Waals surface area contributed by atoms with Gasteiger partial charge < -0.3 is 0 Å². The lowest BCUT2D eigenvalue weighted by atomic mass is 9.75. The van der Waals surface area contributed by atoms with Crippen LogP contribution in [0.5, 0.6) is 0 Å². The number of nitrogens with zero attached hydrogens (tertiary/aromatic N) is 1. The van der Waals surface area contributed by atoms with Gasteiger partial charge in [-0.1, -0.05) is 71.8 Å². The van der Waals surface area contributed by atoms with E-state index in [9.17, 15) is 0 Å². The molecule has 0 amide bonds. The summed E-state index contributed by atoms with van der Waals surface area (Å²) >= 11 is 0. The van der Waals surface area contributed by atoms with E-state index in [1.54, 1.807) is 0 Å². The normalized spacial score (nSPS) is 14.3. The van der Waals surface area contributed by atoms with E-state index in [1.807, 2.05) is 6.20 Å². The molecule has 1 heterocycles. The van der Waals surface area contributed by atoms with Crippen molar-refractivity contribution in [2.45, 2.75) is 84.0 Å². The summed E-state index contributed by atoms with van der Waals surface area (Å²) in [4.78, 5) is 4.32. The van der Waals surface area contributed by atoms with E-state index in [1.165, 1.54) is 63.4 Å². The second-order valence-corrected chi connectivity index (χ2v) is 6.07. The zero-order valence-corrected chi connectivity index (χ0v) is 13.1. The largest absolute Gasteiger partial charge is 0.264 e. The molecule has 0 fully saturated rings. The fourth-order valence-corrected chi connectivity index (χ4v) is 2.84. The zero-order chi connectivity index (χ0) is 14.0. The molecule has 19 heavy (non-hydrogen) atoms. The molecule has 0 radical (unpaired) electrons. The first-order valence-corrected chi connectivity index (χ1v) is 8.13. The van der Waals surface area contributed by atoms with Crippen LogP contribution in [0.25, 0.3) is 0 Å². The molecular formula is C18H31N. The van der Waals surface area contributed by atoms with Gasteiger partial charge in [0, 0.05) is 12.4 Å². The number of unbranched alkanes of at least 4 members (excludes halogenated alkanes) is 5. The van der Waals surface area contributed by atoms with Crippen molar-refractivity contribution in [2.75, 3.05) is 0 Å². The standard InChI is InChI=1S/C18H31N/c1-4-6-8-10-14-18(3,13-9-7-5-2)17-12-11-15-19-16-17/h11-12,15-16H,4-10,13-14H2,1-3H3. The third kappa shape index (κ3) is 5.76. The third-order valence-corrected chi connectivity index (χ3v) is 4.27. The maximum Gasteiger partial charge on any atom is 0.0305 e. The molecule has 1 atom stereocenters. The Morgan fingerprint density at radius 2 is 1.58 bits per heavy atom. The van der Waals surface area contributed by atoms with Gasteiger partial charge in [-0.25, -0.2) is 0 Å². The smallest absolute Gasteiger partial charge is 0.0305 e. The molecule has 1 aromatic rings. The molecule has 0 aliphatic heterocycles. The summed E-state index contributed by atoms with van der Waals surface area (Å²) in [6.45, 7) is 7.00. The van der Waals surface area contributed by atoms with E-state index in [0.29, 0.717) is 5.41 Å². The summed E-state index contributed by atoms with van der Waals surface area (Å²) in [5.41, 5.74) is 1.76. The van der Waals surface area contributed by atoms with Crippen molar-refractivity contribution in [3.8, 4) is 0 Å². The fourth-order valence-electron chi connectivity index (χ4n) is 2.84. The van der Waals surface area contributed by atoms with Crippen LogP contribution in [0, 0.1) is 0 Å². The molecule has 1 unspecified atom stereocenters. The molecule has 0 spiro atoms. The lowest BCUT2D eigenvalue weighted by molar-refractivity contribution is 0.365. The van der Waals surface area contributed by atoms with Crippen molar-refractivity contribution in [3.05, 3.63) is 30.1 Å². The Bertz CT molecular complexity index is 320. The third-order valence-electron chi connectivity index (χ3n) is 4.27. The molecule has 0 aliphatic carbocycles. The van der Waals surface area contributed by atoms with Gasteiger partial charge in [-0.15, -0.1) is 0 Å². The highest BCUT2D eigenvalue weighted by molar-refractivity contribution is 5.20. The molecule has 0 aliphatic rings. The molecule has 0 N–H and O–H groups in total. The molecule has 1 heteroatoms. The van der Waals surface area contributed by atoms with Gasteiger partial charge in [0.05, 0.1) is 0 Å². The quantitative estimate of drug-likeness (QED) is 0.478. The fraction of sp³-hybridized carbons (Fsp3) is 0.722. The Kier molecular flexibility index (Phi) is 7.78. The highest BCUT2D eigenvalue weighted by Crippen LogP contribution is 2.34. The second-order valence-electron chi connectivity index (χ2n) is 6.07. The van der Waals surface area contributed by atoms with Gasteiger partial charge in [0.2, 0.25) is 0 Å². The van der Waals surface area contributed by atoms with Crippen molar-refractivity contribution in [2.24, 2.45) is 0 Å². The van der Waals surface area contributed by atoms with Crippen LogP contribution in [0.1, 0.15) is 84.1 Å². The van der Waals surface area contributed by atoms with Crippen molar-refractivity contribution in [1.29, 1.82) is 0 Å². The molecule has 0 bridgehead atoms. The molecule has 1 nitrogen and oxygen atoms in total. The molecule has 1 rings (SSSR count). The Labute approximate surface area is 119 Å². The van der Waals surface area contributed by atoms with Gasteiger partial charge in [0.15, 0.2) is 0 Å². The highest BCUT2D eigenvalue weighted by atomic mass is 14.6. The Morgan fingerprint density at radius 1 is 0.947 bits per heavy atom. The topological polar surface area (TPSA) is 12.9 Å². The Hall–Kier alpha value is -0.850. The van der Waals surface area contributed by atoms with Gasteiger partial charge in [-0.05, 0) is 29.9 Å². The van der Waals surface area contributed by atoms with Crippen LogP contribution in [0.3, 0.4) is 0 Å². The van der Waals surface area contributed by atoms with E-state index >= 15 is 0 Å². The van der Waals surface area contributed by atoms with Gasteiger partial charge in [0.1, 0.15) is 0 Å². The van der Waals surface area contributed by atoms with Crippen LogP contribution >= 0.6 is 0 Å². The maximum atomic E-state index is 4.32. The number of hydrogen-bond donors (Lipinski definition) is 0. The lowest BCUT2D eigenvalue weighted by Crippen LogP contribution is -2.22. The molecular weight excluding hydrogens is 230 g/mol. The molecule has 0 saturated heterocycles. The van der Waals surface area contributed by atoms with Gasteiger partial charge in [-0.3, -0.25) is 4.98 Å². The number of aromatic nitrogens is 1. The summed E-state index contributed by atoms with van der Waals surface area (Å²) < 4.78 is 0. The molecule has 0 saturated carbocycles. The molecule has 0 aromatic carbocycles. The average molecular weight is 261 g/mol. The number of pyridine rings is 1. The molecule has 108 valence electrons. The van der Waals surface area contributed by atoms with Crippen LogP contribution < -0.4 is 0 Å². The van der Waals surface area contributed by atoms with Gasteiger partial charge in [-0.2, -0.15) is 0 Å². The van der Waals surface area contributed by atoms with Crippen molar-refractivity contribution in [3.63, 3.8) is 0 Å². The number of rotatable bonds is 10. The van der Waals surface area contributed by atoms with Crippen molar-refractivity contribution < 1.29 is 0 Å². The summed E-state index contributed by atoms with van der Waals surface area (Å²) in [6.07, 6.45) is 16.0. The summed E-state index contributed by atoms with van der Waals surface area (Å²) in [6, 6.07) is 4.35. The van der Waals surface area contributed by atoms with E-state index < -0.39 is 0 Å². The predicted octanol–water partition coefficient (Wildman–Crippen LogP) is 5.89. The van der Waals surface area contributed by atoms with Crippen LogP contribution in [0.4, 0.5) is 0 Å². The SMILES string of the molecule is CCCCCCC(C)(CCCCC)c1cccnc1. The van der Waals surface area contributed by atoms with E-state index in [-0.39, 0.29) is 0 Å². The van der Waals surface area contributed by atoms with E-state index in [2.05, 4.69) is 44.1 Å². The Morgan fingerprint density at radius 3 is 2.16 bits per heavy atom. The zero-order valence-electron chi connectivity index (χ0n) is 13.1. The maximum absolute atomic E-state index is 4.32. The average Bonchev–Trinajstić information content (AvgIpc) is 2.45. The summed E-state index contributed by atoms with van der Waals surface area (Å²) in [7, 11) is 0. The summed E-state index contributed by atoms with van der Waals surface area (Å²) in [5.74, 6) is 0. The monoisotopic (exact) mass is 261 g/mol. The first kappa shape index (κ1) is 16.2. The minimum atomic E-state index is 0.331. The van der Waals surface area contributed by atoms with Gasteiger partial charge in [0.25, 0.3) is 0 Å². The van der Waals surface area contributed by atoms with Crippen LogP contribution in [0.15, 0.2) is 24.5 Å². The minimum Gasteiger partial charge on any atom is -0.264 e. The highest BCUT2D eigenvalue weighted by Gasteiger charge is 2.25. The van der Waals surface area contributed by atoms with Crippen molar-refractivity contribution >= 4 is 0 Å². The summed E-state index contributed by atoms with van der Waals surface area (Å²) in [5, 5.41) is 0. The van der Waals surface area contributed by atoms with Crippen LogP contribution in [-0.2, 0) is 5.41 Å². The lowest BCUT2D eigenvalue weighted by Gasteiger charge is -2.30. The Balaban J connectivity index is 2.61.